The number of carbonyl (C=O) groups is 1. The van der Waals surface area contributed by atoms with Gasteiger partial charge in [0.05, 0.1) is 13.2 Å². The molecule has 0 aliphatic carbocycles. The molecule has 0 heterocycles. The van der Waals surface area contributed by atoms with Gasteiger partial charge in [-0.15, -0.1) is 4.52 Å². The van der Waals surface area contributed by atoms with Gasteiger partial charge in [0.2, 0.25) is 0 Å². The van der Waals surface area contributed by atoms with Gasteiger partial charge in [0.1, 0.15) is 6.61 Å². The Hall–Kier alpha value is -0.200. The van der Waals surface area contributed by atoms with Crippen LogP contribution in [0.3, 0.4) is 0 Å². The molecule has 0 rings (SSSR count). The van der Waals surface area contributed by atoms with Gasteiger partial charge in [-0.1, -0.05) is 111 Å². The molecule has 0 aliphatic rings. The second-order valence-corrected chi connectivity index (χ2v) is 12.5. The maximum absolute atomic E-state index is 12.6. The zero-order valence-electron chi connectivity index (χ0n) is 23.9. The van der Waals surface area contributed by atoms with Crippen LogP contribution in [-0.4, -0.2) is 47.4 Å². The molecule has 0 radical (unpaired) electrons. The summed E-state index contributed by atoms with van der Waals surface area (Å²) >= 11 is 1.84. The zero-order chi connectivity index (χ0) is 27.1. The van der Waals surface area contributed by atoms with Crippen molar-refractivity contribution in [1.29, 1.82) is 0 Å². The molecule has 0 saturated heterocycles. The molecule has 0 spiro atoms. The van der Waals surface area contributed by atoms with Gasteiger partial charge in [-0.05, 0) is 36.5 Å². The molecule has 1 N–H and O–H groups in total. The van der Waals surface area contributed by atoms with Gasteiger partial charge in [0.15, 0.2) is 0 Å². The maximum Gasteiger partial charge on any atom is 0.589 e. The van der Waals surface area contributed by atoms with Crippen LogP contribution in [0.15, 0.2) is 0 Å². The van der Waals surface area contributed by atoms with Crippen molar-refractivity contribution >= 4 is 25.8 Å². The highest BCUT2D eigenvalue weighted by molar-refractivity contribution is 7.99. The molecule has 6 nitrogen and oxygen atoms in total. The molecule has 36 heavy (non-hydrogen) atoms. The number of methoxy groups -OCH3 is 1. The number of unbranched alkanes of at least 4 members (excludes halogenated alkanes) is 13. The first-order valence-corrected chi connectivity index (χ1v) is 16.8. The third kappa shape index (κ3) is 16.6. The number of ether oxygens (including phenoxy) is 2. The van der Waals surface area contributed by atoms with Crippen LogP contribution in [0.4, 0.5) is 0 Å². The largest absolute Gasteiger partial charge is 0.589 e. The fraction of sp³-hybridized carbons (Fsp3) is 0.964. The molecule has 0 saturated carbocycles. The summed E-state index contributed by atoms with van der Waals surface area (Å²) in [4.78, 5) is 12.3. The highest BCUT2D eigenvalue weighted by Gasteiger charge is 2.62. The molecule has 8 heteroatoms. The predicted octanol–water partition coefficient (Wildman–Crippen LogP) is 8.76. The summed E-state index contributed by atoms with van der Waals surface area (Å²) in [5.41, 5.74) is -2.59. The van der Waals surface area contributed by atoms with Gasteiger partial charge in [0, 0.05) is 5.25 Å². The van der Waals surface area contributed by atoms with E-state index in [2.05, 4.69) is 13.8 Å². The number of thioether (sulfide) groups is 1. The summed E-state index contributed by atoms with van der Waals surface area (Å²) in [6, 6.07) is 0. The average molecular weight is 552 g/mol. The van der Waals surface area contributed by atoms with E-state index in [1.165, 1.54) is 77.0 Å². The molecule has 0 aromatic heterocycles. The van der Waals surface area contributed by atoms with Crippen LogP contribution >= 0.6 is 19.8 Å². The predicted molar refractivity (Wildman–Crippen MR) is 153 cm³/mol. The molecule has 0 aromatic carbocycles. The average Bonchev–Trinajstić information content (AvgIpc) is 2.88. The Kier molecular flexibility index (Phi) is 23.8. The number of rotatable bonds is 26. The Balaban J connectivity index is 4.75. The van der Waals surface area contributed by atoms with E-state index in [1.807, 2.05) is 25.6 Å². The molecule has 0 aromatic rings. The first-order chi connectivity index (χ1) is 17.4. The van der Waals surface area contributed by atoms with Crippen LogP contribution in [0.5, 0.6) is 0 Å². The van der Waals surface area contributed by atoms with E-state index in [-0.39, 0.29) is 11.9 Å². The minimum absolute atomic E-state index is 0.0935. The lowest BCUT2D eigenvalue weighted by atomic mass is 10.1. The molecule has 0 aliphatic heterocycles. The Morgan fingerprint density at radius 3 is 1.83 bits per heavy atom. The van der Waals surface area contributed by atoms with Crippen LogP contribution in [0.1, 0.15) is 137 Å². The van der Waals surface area contributed by atoms with E-state index in [4.69, 9.17) is 14.0 Å². The fourth-order valence-electron chi connectivity index (χ4n) is 4.12. The fourth-order valence-corrected chi connectivity index (χ4v) is 6.47. The van der Waals surface area contributed by atoms with Crippen LogP contribution in [0.25, 0.3) is 0 Å². The first-order valence-electron chi connectivity index (χ1n) is 14.6. The summed E-state index contributed by atoms with van der Waals surface area (Å²) in [5, 5.41) is 11.0. The van der Waals surface area contributed by atoms with Gasteiger partial charge in [-0.3, -0.25) is 4.74 Å². The van der Waals surface area contributed by atoms with E-state index in [0.29, 0.717) is 6.42 Å². The number of esters is 1. The molecule has 4 atom stereocenters. The van der Waals surface area contributed by atoms with Crippen LogP contribution < -0.4 is 0 Å². The molecule has 0 fully saturated rings. The lowest BCUT2D eigenvalue weighted by molar-refractivity contribution is -0.206. The summed E-state index contributed by atoms with van der Waals surface area (Å²) in [5.74, 6) is -0.0631. The summed E-state index contributed by atoms with van der Waals surface area (Å²) in [7, 11) is -1.64. The van der Waals surface area contributed by atoms with Crippen molar-refractivity contribution in [2.24, 2.45) is 0 Å². The van der Waals surface area contributed by atoms with Crippen molar-refractivity contribution in [2.75, 3.05) is 19.5 Å². The Bertz CT molecular complexity index is 550. The van der Waals surface area contributed by atoms with Gasteiger partial charge >= 0.3 is 19.5 Å². The molecule has 214 valence electrons. The van der Waals surface area contributed by atoms with E-state index in [1.54, 1.807) is 0 Å². The lowest BCUT2D eigenvalue weighted by Gasteiger charge is -2.26. The Labute approximate surface area is 227 Å². The third-order valence-corrected chi connectivity index (χ3v) is 9.18. The summed E-state index contributed by atoms with van der Waals surface area (Å²) in [6.45, 7) is 8.34. The smallest absolute Gasteiger partial charge is 0.461 e. The molecular weight excluding hydrogens is 495 g/mol. The minimum Gasteiger partial charge on any atom is -0.461 e. The first kappa shape index (κ1) is 35.8. The van der Waals surface area contributed by atoms with E-state index < -0.39 is 25.6 Å². The second-order valence-electron chi connectivity index (χ2n) is 9.81. The summed E-state index contributed by atoms with van der Waals surface area (Å²) in [6.07, 6.45) is 20.0. The van der Waals surface area contributed by atoms with Gasteiger partial charge in [0.25, 0.3) is 0 Å². The topological polar surface area (TPSA) is 82.1 Å². The van der Waals surface area contributed by atoms with Crippen LogP contribution in [0, 0.1) is 0 Å². The number of hydrogen-bond donors (Lipinski definition) is 1. The highest BCUT2D eigenvalue weighted by Crippen LogP contribution is 2.42. The third-order valence-electron chi connectivity index (χ3n) is 6.41. The Morgan fingerprint density at radius 1 is 0.833 bits per heavy atom. The van der Waals surface area contributed by atoms with Crippen LogP contribution in [0.2, 0.25) is 0 Å². The van der Waals surface area contributed by atoms with Crippen molar-refractivity contribution in [3.8, 4) is 0 Å². The van der Waals surface area contributed by atoms with Gasteiger partial charge in [-0.25, -0.2) is 4.79 Å². The SMILES string of the molecule is CCCCCCCCCCCCSC(CCCCCCC)C(C)OC(O)(C(=O)OC)[P+](=O)OCCC. The molecule has 0 amide bonds. The quantitative estimate of drug-likeness (QED) is 0.0498. The number of carbonyl (C=O) groups excluding carboxylic acids is 1. The molecule has 4 unspecified atom stereocenters. The minimum atomic E-state index is -2.79. The summed E-state index contributed by atoms with van der Waals surface area (Å²) < 4.78 is 28.3. The van der Waals surface area contributed by atoms with Crippen molar-refractivity contribution in [3.63, 3.8) is 0 Å². The Morgan fingerprint density at radius 2 is 1.33 bits per heavy atom. The number of hydrogen-bond acceptors (Lipinski definition) is 7. The van der Waals surface area contributed by atoms with E-state index in [0.717, 1.165) is 38.5 Å². The number of aliphatic hydroxyl groups is 1. The van der Waals surface area contributed by atoms with Crippen molar-refractivity contribution in [3.05, 3.63) is 0 Å². The monoisotopic (exact) mass is 551 g/mol. The van der Waals surface area contributed by atoms with E-state index >= 15 is 0 Å². The molecule has 0 bridgehead atoms. The zero-order valence-corrected chi connectivity index (χ0v) is 25.6. The van der Waals surface area contributed by atoms with Crippen molar-refractivity contribution < 1.29 is 28.5 Å². The van der Waals surface area contributed by atoms with Gasteiger partial charge < -0.3 is 9.84 Å². The molecular formula is C28H56O6PS+. The maximum atomic E-state index is 12.6. The van der Waals surface area contributed by atoms with Crippen molar-refractivity contribution in [1.82, 2.24) is 0 Å². The van der Waals surface area contributed by atoms with E-state index in [9.17, 15) is 14.5 Å². The second kappa shape index (κ2) is 23.9. The highest BCUT2D eigenvalue weighted by atomic mass is 32.2. The van der Waals surface area contributed by atoms with Crippen LogP contribution in [-0.2, 0) is 23.4 Å². The lowest BCUT2D eigenvalue weighted by Crippen LogP contribution is -2.44. The standard InChI is InChI=1S/C28H56O6PS/c1-6-9-11-13-14-15-16-17-19-21-24-36-26(22-20-18-12-10-7-2)25(4)34-28(30,27(29)32-5)35(31)33-23-8-3/h25-26,30H,6-24H2,1-5H3/q+1. The van der Waals surface area contributed by atoms with Gasteiger partial charge in [-0.2, -0.15) is 11.8 Å². The normalized spacial score (nSPS) is 15.3. The van der Waals surface area contributed by atoms with Crippen molar-refractivity contribution in [2.45, 2.75) is 154 Å².